The molecule has 0 radical (unpaired) electrons. The lowest BCUT2D eigenvalue weighted by Gasteiger charge is -2.37. The summed E-state index contributed by atoms with van der Waals surface area (Å²) in [7, 11) is 0. The SMILES string of the molecule is CC1(C)CC(=O)C2=C(C1)Nc1ccccc1N(C(=O)c1ccccc1F)C2c1ccccc1OCc1ccccc1. The van der Waals surface area contributed by atoms with Gasteiger partial charge in [0.2, 0.25) is 0 Å². The Bertz CT molecular complexity index is 1660. The lowest BCUT2D eigenvalue weighted by Crippen LogP contribution is -2.40. The van der Waals surface area contributed by atoms with Crippen molar-refractivity contribution in [2.45, 2.75) is 39.3 Å². The van der Waals surface area contributed by atoms with Crippen LogP contribution in [0.4, 0.5) is 15.8 Å². The van der Waals surface area contributed by atoms with Gasteiger partial charge in [-0.2, -0.15) is 0 Å². The zero-order valence-electron chi connectivity index (χ0n) is 23.1. The highest BCUT2D eigenvalue weighted by molar-refractivity contribution is 6.12. The Balaban J connectivity index is 1.58. The summed E-state index contributed by atoms with van der Waals surface area (Å²) in [5.41, 5.74) is 3.83. The molecule has 1 atom stereocenters. The molecule has 0 saturated carbocycles. The van der Waals surface area contributed by atoms with Crippen LogP contribution in [-0.2, 0) is 11.4 Å². The fourth-order valence-electron chi connectivity index (χ4n) is 5.84. The fourth-order valence-corrected chi connectivity index (χ4v) is 5.84. The van der Waals surface area contributed by atoms with Crippen molar-refractivity contribution >= 4 is 23.1 Å². The van der Waals surface area contributed by atoms with Gasteiger partial charge in [-0.25, -0.2) is 4.39 Å². The molecule has 0 aromatic heterocycles. The minimum atomic E-state index is -0.844. The third-order valence-electron chi connectivity index (χ3n) is 7.67. The molecule has 4 aromatic rings. The predicted octanol–water partition coefficient (Wildman–Crippen LogP) is 7.86. The van der Waals surface area contributed by atoms with Crippen LogP contribution in [0, 0.1) is 11.2 Å². The lowest BCUT2D eigenvalue weighted by molar-refractivity contribution is -0.118. The van der Waals surface area contributed by atoms with E-state index in [0.717, 1.165) is 11.3 Å². The number of hydrogen-bond acceptors (Lipinski definition) is 4. The summed E-state index contributed by atoms with van der Waals surface area (Å²) in [5, 5.41) is 3.51. The van der Waals surface area contributed by atoms with Crippen LogP contribution >= 0.6 is 0 Å². The summed E-state index contributed by atoms with van der Waals surface area (Å²) >= 11 is 0. The van der Waals surface area contributed by atoms with Gasteiger partial charge in [0.05, 0.1) is 23.0 Å². The standard InChI is InChI=1S/C35H31FN2O3/c1-35(2)20-28-32(30(39)21-35)33(25-15-7-11-19-31(25)41-22-23-12-4-3-5-13-23)38(29-18-10-9-17-27(29)37-28)34(40)24-14-6-8-16-26(24)36/h3-19,33,37H,20-22H2,1-2H3. The number of ether oxygens (including phenoxy) is 1. The van der Waals surface area contributed by atoms with Gasteiger partial charge in [0, 0.05) is 23.3 Å². The van der Waals surface area contributed by atoms with E-state index in [0.29, 0.717) is 47.7 Å². The van der Waals surface area contributed by atoms with Crippen LogP contribution in [0.1, 0.15) is 54.2 Å². The Morgan fingerprint density at radius 2 is 1.59 bits per heavy atom. The molecule has 0 fully saturated rings. The van der Waals surface area contributed by atoms with Crippen LogP contribution in [0.25, 0.3) is 0 Å². The second kappa shape index (κ2) is 10.7. The molecule has 0 spiro atoms. The van der Waals surface area contributed by atoms with E-state index in [4.69, 9.17) is 4.74 Å². The molecule has 1 aliphatic heterocycles. The number of benzene rings is 4. The Morgan fingerprint density at radius 3 is 2.39 bits per heavy atom. The van der Waals surface area contributed by atoms with Gasteiger partial charge in [-0.05, 0) is 47.7 Å². The summed E-state index contributed by atoms with van der Waals surface area (Å²) in [6.07, 6.45) is 0.947. The Kier molecular flexibility index (Phi) is 6.91. The highest BCUT2D eigenvalue weighted by atomic mass is 19.1. The van der Waals surface area contributed by atoms with Gasteiger partial charge in [0.1, 0.15) is 18.2 Å². The van der Waals surface area contributed by atoms with E-state index >= 15 is 4.39 Å². The first-order valence-corrected chi connectivity index (χ1v) is 13.8. The smallest absolute Gasteiger partial charge is 0.262 e. The van der Waals surface area contributed by atoms with Crippen molar-refractivity contribution in [3.63, 3.8) is 0 Å². The monoisotopic (exact) mass is 546 g/mol. The summed E-state index contributed by atoms with van der Waals surface area (Å²) < 4.78 is 21.5. The van der Waals surface area contributed by atoms with Crippen molar-refractivity contribution in [3.05, 3.63) is 137 Å². The Morgan fingerprint density at radius 1 is 0.902 bits per heavy atom. The average Bonchev–Trinajstić information content (AvgIpc) is 3.10. The number of carbonyl (C=O) groups is 2. The second-order valence-electron chi connectivity index (χ2n) is 11.3. The molecule has 0 saturated heterocycles. The number of anilines is 2. The molecule has 5 nitrogen and oxygen atoms in total. The van der Waals surface area contributed by atoms with Gasteiger partial charge in [0.25, 0.3) is 5.91 Å². The number of rotatable bonds is 5. The molecule has 206 valence electrons. The first kappa shape index (κ1) is 26.5. The summed E-state index contributed by atoms with van der Waals surface area (Å²) in [6.45, 7) is 4.45. The quantitative estimate of drug-likeness (QED) is 0.277. The minimum absolute atomic E-state index is 0.0502. The van der Waals surface area contributed by atoms with Gasteiger partial charge in [0.15, 0.2) is 5.78 Å². The number of carbonyl (C=O) groups excluding carboxylic acids is 2. The Hall–Kier alpha value is -4.71. The van der Waals surface area contributed by atoms with E-state index in [9.17, 15) is 9.59 Å². The molecular formula is C35H31FN2O3. The maximum Gasteiger partial charge on any atom is 0.262 e. The van der Waals surface area contributed by atoms with Gasteiger partial charge < -0.3 is 10.1 Å². The molecule has 6 heteroatoms. The van der Waals surface area contributed by atoms with Crippen molar-refractivity contribution in [2.24, 2.45) is 5.41 Å². The number of allylic oxidation sites excluding steroid dienone is 1. The van der Waals surface area contributed by atoms with Crippen LogP contribution in [0.5, 0.6) is 5.75 Å². The van der Waals surface area contributed by atoms with Crippen LogP contribution in [0.2, 0.25) is 0 Å². The van der Waals surface area contributed by atoms with E-state index < -0.39 is 17.8 Å². The first-order chi connectivity index (χ1) is 19.8. The summed E-state index contributed by atoms with van der Waals surface area (Å²) in [4.78, 5) is 30.0. The molecule has 1 amide bonds. The molecule has 1 heterocycles. The van der Waals surface area contributed by atoms with Crippen LogP contribution < -0.4 is 15.0 Å². The van der Waals surface area contributed by atoms with Crippen LogP contribution in [-0.4, -0.2) is 11.7 Å². The van der Waals surface area contributed by atoms with E-state index in [1.54, 1.807) is 17.0 Å². The van der Waals surface area contributed by atoms with Gasteiger partial charge >= 0.3 is 0 Å². The lowest BCUT2D eigenvalue weighted by atomic mass is 9.73. The molecule has 41 heavy (non-hydrogen) atoms. The number of nitrogens with zero attached hydrogens (tertiary/aromatic N) is 1. The van der Waals surface area contributed by atoms with Gasteiger partial charge in [-0.1, -0.05) is 86.6 Å². The van der Waals surface area contributed by atoms with Crippen molar-refractivity contribution in [1.29, 1.82) is 0 Å². The second-order valence-corrected chi connectivity index (χ2v) is 11.3. The molecule has 6 rings (SSSR count). The summed E-state index contributed by atoms with van der Waals surface area (Å²) in [5.74, 6) is -0.654. The van der Waals surface area contributed by atoms with E-state index in [1.165, 1.54) is 12.1 Å². The van der Waals surface area contributed by atoms with E-state index in [2.05, 4.69) is 19.2 Å². The normalized spacial score (nSPS) is 17.7. The Labute approximate surface area is 239 Å². The average molecular weight is 547 g/mol. The fraction of sp³-hybridized carbons (Fsp3) is 0.200. The van der Waals surface area contributed by atoms with Crippen LogP contribution in [0.3, 0.4) is 0 Å². The molecule has 1 N–H and O–H groups in total. The minimum Gasteiger partial charge on any atom is -0.489 e. The van der Waals surface area contributed by atoms with Crippen molar-refractivity contribution < 1.29 is 18.7 Å². The highest BCUT2D eigenvalue weighted by Gasteiger charge is 2.44. The molecule has 1 aliphatic carbocycles. The maximum absolute atomic E-state index is 15.1. The first-order valence-electron chi connectivity index (χ1n) is 13.8. The topological polar surface area (TPSA) is 58.6 Å². The van der Waals surface area contributed by atoms with Crippen molar-refractivity contribution in [2.75, 3.05) is 10.2 Å². The molecule has 0 bridgehead atoms. The zero-order valence-corrected chi connectivity index (χ0v) is 23.1. The molecular weight excluding hydrogens is 515 g/mol. The predicted molar refractivity (Wildman–Crippen MR) is 158 cm³/mol. The van der Waals surface area contributed by atoms with E-state index in [1.807, 2.05) is 78.9 Å². The van der Waals surface area contributed by atoms with Gasteiger partial charge in [-0.15, -0.1) is 0 Å². The number of halogens is 1. The number of nitrogens with one attached hydrogen (secondary N) is 1. The van der Waals surface area contributed by atoms with Crippen molar-refractivity contribution in [1.82, 2.24) is 0 Å². The number of ketones is 1. The third-order valence-corrected chi connectivity index (χ3v) is 7.67. The number of amides is 1. The van der Waals surface area contributed by atoms with Gasteiger partial charge in [-0.3, -0.25) is 14.5 Å². The summed E-state index contributed by atoms with van der Waals surface area (Å²) in [6, 6.07) is 29.8. The number of fused-ring (bicyclic) bond motifs is 1. The highest BCUT2D eigenvalue weighted by Crippen LogP contribution is 2.50. The third kappa shape index (κ3) is 5.13. The van der Waals surface area contributed by atoms with Crippen LogP contribution in [0.15, 0.2) is 114 Å². The van der Waals surface area contributed by atoms with E-state index in [-0.39, 0.29) is 16.8 Å². The molecule has 4 aromatic carbocycles. The maximum atomic E-state index is 15.1. The number of para-hydroxylation sites is 3. The number of hydrogen-bond donors (Lipinski definition) is 1. The number of Topliss-reactive ketones (excluding diaryl/α,β-unsaturated/α-hetero) is 1. The zero-order chi connectivity index (χ0) is 28.6. The largest absolute Gasteiger partial charge is 0.489 e. The van der Waals surface area contributed by atoms with Crippen molar-refractivity contribution in [3.8, 4) is 5.75 Å². The molecule has 2 aliphatic rings. The molecule has 1 unspecified atom stereocenters.